The predicted molar refractivity (Wildman–Crippen MR) is 92.1 cm³/mol. The lowest BCUT2D eigenvalue weighted by atomic mass is 10.1. The Morgan fingerprint density at radius 1 is 0.727 bits per heavy atom. The first-order chi connectivity index (χ1) is 10.8. The van der Waals surface area contributed by atoms with Gasteiger partial charge in [-0.25, -0.2) is 0 Å². The average molecular weight is 333 g/mol. The van der Waals surface area contributed by atoms with Crippen molar-refractivity contribution in [1.82, 2.24) is 0 Å². The molecule has 0 aromatic carbocycles. The number of hydrogen-bond donors (Lipinski definition) is 0. The van der Waals surface area contributed by atoms with Gasteiger partial charge in [-0.05, 0) is 12.8 Å². The van der Waals surface area contributed by atoms with Crippen LogP contribution >= 0.6 is 0 Å². The monoisotopic (exact) mass is 332 g/mol. The SMILES string of the molecule is CO[Si](CCCCCCCCCCCCC1CO1)(OC)OC. The molecule has 1 aliphatic rings. The van der Waals surface area contributed by atoms with Gasteiger partial charge in [0.1, 0.15) is 0 Å². The summed E-state index contributed by atoms with van der Waals surface area (Å²) in [5.41, 5.74) is 0. The number of rotatable bonds is 16. The van der Waals surface area contributed by atoms with E-state index in [4.69, 9.17) is 18.0 Å². The summed E-state index contributed by atoms with van der Waals surface area (Å²) in [6.45, 7) is 1.02. The Bertz CT molecular complexity index is 247. The maximum absolute atomic E-state index is 5.43. The third-order valence-corrected chi connectivity index (χ3v) is 7.43. The summed E-state index contributed by atoms with van der Waals surface area (Å²) in [4.78, 5) is 0. The van der Waals surface area contributed by atoms with Gasteiger partial charge in [-0.1, -0.05) is 57.8 Å². The Labute approximate surface area is 138 Å². The summed E-state index contributed by atoms with van der Waals surface area (Å²) in [5.74, 6) is 0. The van der Waals surface area contributed by atoms with Gasteiger partial charge >= 0.3 is 8.80 Å². The van der Waals surface area contributed by atoms with E-state index in [2.05, 4.69) is 0 Å². The first-order valence-electron chi connectivity index (χ1n) is 9.03. The second-order valence-corrected chi connectivity index (χ2v) is 9.42. The van der Waals surface area contributed by atoms with Crippen LogP contribution in [0.15, 0.2) is 0 Å². The topological polar surface area (TPSA) is 40.2 Å². The smallest absolute Gasteiger partial charge is 0.377 e. The largest absolute Gasteiger partial charge is 0.500 e. The Kier molecular flexibility index (Phi) is 11.4. The summed E-state index contributed by atoms with van der Waals surface area (Å²) < 4.78 is 21.5. The van der Waals surface area contributed by atoms with E-state index in [0.29, 0.717) is 6.10 Å². The first kappa shape index (κ1) is 20.1. The highest BCUT2D eigenvalue weighted by Crippen LogP contribution is 2.20. The molecule has 22 heavy (non-hydrogen) atoms. The molecule has 1 aliphatic heterocycles. The van der Waals surface area contributed by atoms with Gasteiger partial charge in [0, 0.05) is 27.4 Å². The van der Waals surface area contributed by atoms with Gasteiger partial charge in [-0.15, -0.1) is 0 Å². The standard InChI is InChI=1S/C17H36O4Si/c1-18-22(19-2,20-3)15-13-11-9-7-5-4-6-8-10-12-14-17-16-21-17/h17H,4-16H2,1-3H3. The van der Waals surface area contributed by atoms with E-state index >= 15 is 0 Å². The molecular formula is C17H36O4Si. The van der Waals surface area contributed by atoms with Crippen LogP contribution in [0.2, 0.25) is 6.04 Å². The summed E-state index contributed by atoms with van der Waals surface area (Å²) in [5, 5.41) is 0. The zero-order chi connectivity index (χ0) is 16.1. The molecule has 0 radical (unpaired) electrons. The van der Waals surface area contributed by atoms with E-state index in [1.165, 1.54) is 64.2 Å². The van der Waals surface area contributed by atoms with Crippen LogP contribution in [0.25, 0.3) is 0 Å². The van der Waals surface area contributed by atoms with Gasteiger partial charge in [0.05, 0.1) is 12.7 Å². The molecule has 132 valence electrons. The van der Waals surface area contributed by atoms with E-state index in [-0.39, 0.29) is 0 Å². The third kappa shape index (κ3) is 9.25. The van der Waals surface area contributed by atoms with E-state index < -0.39 is 8.80 Å². The molecule has 1 rings (SSSR count). The summed E-state index contributed by atoms with van der Waals surface area (Å²) in [7, 11) is 2.75. The van der Waals surface area contributed by atoms with Crippen LogP contribution in [0, 0.1) is 0 Å². The van der Waals surface area contributed by atoms with Gasteiger partial charge in [-0.2, -0.15) is 0 Å². The fourth-order valence-corrected chi connectivity index (χ4v) is 4.71. The quantitative estimate of drug-likeness (QED) is 0.236. The van der Waals surface area contributed by atoms with Crippen LogP contribution in [0.4, 0.5) is 0 Å². The molecule has 0 bridgehead atoms. The fraction of sp³-hybridized carbons (Fsp3) is 1.00. The number of epoxide rings is 1. The van der Waals surface area contributed by atoms with E-state index in [1.807, 2.05) is 0 Å². The predicted octanol–water partition coefficient (Wildman–Crippen LogP) is 4.55. The molecule has 0 saturated carbocycles. The molecule has 1 atom stereocenters. The van der Waals surface area contributed by atoms with Crippen molar-refractivity contribution in [3.05, 3.63) is 0 Å². The molecule has 1 heterocycles. The number of ether oxygens (including phenoxy) is 1. The fourth-order valence-electron chi connectivity index (χ4n) is 2.92. The van der Waals surface area contributed by atoms with Crippen LogP contribution in [-0.4, -0.2) is 42.8 Å². The Balaban J connectivity index is 1.78. The highest BCUT2D eigenvalue weighted by Gasteiger charge is 2.36. The van der Waals surface area contributed by atoms with E-state index in [1.54, 1.807) is 21.3 Å². The lowest BCUT2D eigenvalue weighted by Crippen LogP contribution is -2.42. The van der Waals surface area contributed by atoms with E-state index in [9.17, 15) is 0 Å². The van der Waals surface area contributed by atoms with Gasteiger partial charge in [0.25, 0.3) is 0 Å². The molecule has 4 nitrogen and oxygen atoms in total. The van der Waals surface area contributed by atoms with Gasteiger partial charge < -0.3 is 18.0 Å². The van der Waals surface area contributed by atoms with Crippen molar-refractivity contribution >= 4 is 8.80 Å². The zero-order valence-corrected chi connectivity index (χ0v) is 15.9. The minimum atomic E-state index is -2.32. The Hall–Kier alpha value is 0.0569. The van der Waals surface area contributed by atoms with Gasteiger partial charge in [0.2, 0.25) is 0 Å². The second kappa shape index (κ2) is 12.5. The normalized spacial score (nSPS) is 17.9. The van der Waals surface area contributed by atoms with E-state index in [0.717, 1.165) is 19.1 Å². The van der Waals surface area contributed by atoms with Crippen LogP contribution in [0.5, 0.6) is 0 Å². The van der Waals surface area contributed by atoms with Crippen LogP contribution in [0.1, 0.15) is 70.6 Å². The molecule has 0 N–H and O–H groups in total. The van der Waals surface area contributed by atoms with Crippen molar-refractivity contribution in [1.29, 1.82) is 0 Å². The lowest BCUT2D eigenvalue weighted by molar-refractivity contribution is 0.122. The molecule has 0 aromatic rings. The minimum Gasteiger partial charge on any atom is -0.377 e. The summed E-state index contributed by atoms with van der Waals surface area (Å²) in [6, 6.07) is 0.932. The van der Waals surface area contributed by atoms with Crippen LogP contribution in [-0.2, 0) is 18.0 Å². The number of hydrogen-bond acceptors (Lipinski definition) is 4. The second-order valence-electron chi connectivity index (χ2n) is 6.32. The zero-order valence-electron chi connectivity index (χ0n) is 14.9. The molecule has 1 saturated heterocycles. The Morgan fingerprint density at radius 2 is 1.14 bits per heavy atom. The Morgan fingerprint density at radius 3 is 1.55 bits per heavy atom. The van der Waals surface area contributed by atoms with Crippen LogP contribution in [0.3, 0.4) is 0 Å². The molecule has 0 amide bonds. The minimum absolute atomic E-state index is 0.621. The maximum Gasteiger partial charge on any atom is 0.500 e. The summed E-state index contributed by atoms with van der Waals surface area (Å²) >= 11 is 0. The average Bonchev–Trinajstić information content (AvgIpc) is 3.37. The molecular weight excluding hydrogens is 296 g/mol. The molecule has 1 unspecified atom stereocenters. The van der Waals surface area contributed by atoms with Crippen molar-refractivity contribution in [2.45, 2.75) is 82.8 Å². The molecule has 0 aliphatic carbocycles. The molecule has 1 fully saturated rings. The van der Waals surface area contributed by atoms with Gasteiger partial charge in [0.15, 0.2) is 0 Å². The first-order valence-corrected chi connectivity index (χ1v) is 11.0. The summed E-state index contributed by atoms with van der Waals surface area (Å²) in [6.07, 6.45) is 15.3. The van der Waals surface area contributed by atoms with Crippen LogP contribution < -0.4 is 0 Å². The number of unbranched alkanes of at least 4 members (excludes halogenated alkanes) is 9. The van der Waals surface area contributed by atoms with Crippen molar-refractivity contribution in [3.8, 4) is 0 Å². The highest BCUT2D eigenvalue weighted by atomic mass is 28.4. The van der Waals surface area contributed by atoms with Crippen molar-refractivity contribution in [2.75, 3.05) is 27.9 Å². The maximum atomic E-state index is 5.43. The molecule has 5 heteroatoms. The lowest BCUT2D eigenvalue weighted by Gasteiger charge is -2.24. The highest BCUT2D eigenvalue weighted by molar-refractivity contribution is 6.60. The molecule has 0 spiro atoms. The van der Waals surface area contributed by atoms with Gasteiger partial charge in [-0.3, -0.25) is 0 Å². The third-order valence-electron chi connectivity index (χ3n) is 4.59. The van der Waals surface area contributed by atoms with Crippen molar-refractivity contribution in [2.24, 2.45) is 0 Å². The van der Waals surface area contributed by atoms with Crippen molar-refractivity contribution < 1.29 is 18.0 Å². The molecule has 0 aromatic heterocycles. The van der Waals surface area contributed by atoms with Crippen molar-refractivity contribution in [3.63, 3.8) is 0 Å².